The quantitative estimate of drug-likeness (QED) is 0.810. The summed E-state index contributed by atoms with van der Waals surface area (Å²) < 4.78 is 0. The van der Waals surface area contributed by atoms with Crippen molar-refractivity contribution in [2.75, 3.05) is 19.6 Å². The second-order valence-corrected chi connectivity index (χ2v) is 7.90. The van der Waals surface area contributed by atoms with Crippen LogP contribution >= 0.6 is 0 Å². The van der Waals surface area contributed by atoms with Crippen molar-refractivity contribution < 1.29 is 4.79 Å². The summed E-state index contributed by atoms with van der Waals surface area (Å²) in [5.74, 6) is 0.620. The zero-order chi connectivity index (χ0) is 14.3. The first-order chi connectivity index (χ1) is 8.73. The number of hydrogen-bond donors (Lipinski definition) is 2. The van der Waals surface area contributed by atoms with E-state index in [1.165, 1.54) is 0 Å². The minimum Gasteiger partial charge on any atom is -0.342 e. The van der Waals surface area contributed by atoms with E-state index >= 15 is 0 Å². The largest absolute Gasteiger partial charge is 0.342 e. The van der Waals surface area contributed by atoms with Crippen LogP contribution in [0.25, 0.3) is 0 Å². The van der Waals surface area contributed by atoms with Crippen molar-refractivity contribution in [1.29, 1.82) is 0 Å². The van der Waals surface area contributed by atoms with Gasteiger partial charge in [-0.15, -0.1) is 0 Å². The summed E-state index contributed by atoms with van der Waals surface area (Å²) in [6.45, 7) is 9.17. The van der Waals surface area contributed by atoms with Crippen LogP contribution in [0.5, 0.6) is 0 Å². The third-order valence-corrected chi connectivity index (χ3v) is 4.68. The van der Waals surface area contributed by atoms with Crippen molar-refractivity contribution >= 4 is 5.91 Å². The second kappa shape index (κ2) is 5.06. The Bertz CT molecular complexity index is 355. The number of hydrogen-bond acceptors (Lipinski definition) is 3. The van der Waals surface area contributed by atoms with Crippen LogP contribution in [0.3, 0.4) is 0 Å². The normalized spacial score (nSPS) is 38.8. The number of rotatable bonds is 3. The monoisotopic (exact) mass is 267 g/mol. The van der Waals surface area contributed by atoms with Gasteiger partial charge in [0, 0.05) is 25.6 Å². The van der Waals surface area contributed by atoms with E-state index in [1.54, 1.807) is 0 Å². The zero-order valence-electron chi connectivity index (χ0n) is 12.6. The molecule has 0 aromatic heterocycles. The third kappa shape index (κ3) is 3.48. The molecule has 0 aromatic carbocycles. The number of carbonyl (C=O) groups excluding carboxylic acids is 1. The minimum atomic E-state index is 0.153. The van der Waals surface area contributed by atoms with Gasteiger partial charge in [0.05, 0.1) is 0 Å². The number of amides is 1. The summed E-state index contributed by atoms with van der Waals surface area (Å²) in [5.41, 5.74) is 12.3. The summed E-state index contributed by atoms with van der Waals surface area (Å²) in [6, 6.07) is 0.261. The maximum absolute atomic E-state index is 12.0. The molecule has 0 bridgehead atoms. The molecule has 110 valence electrons. The highest BCUT2D eigenvalue weighted by atomic mass is 16.2. The second-order valence-electron chi connectivity index (χ2n) is 7.90. The molecule has 1 aliphatic carbocycles. The van der Waals surface area contributed by atoms with Gasteiger partial charge in [0.15, 0.2) is 0 Å². The lowest BCUT2D eigenvalue weighted by Gasteiger charge is -2.47. The molecule has 19 heavy (non-hydrogen) atoms. The molecule has 0 spiro atoms. The van der Waals surface area contributed by atoms with Gasteiger partial charge in [-0.1, -0.05) is 20.8 Å². The fourth-order valence-electron chi connectivity index (χ4n) is 4.46. The Morgan fingerprint density at radius 3 is 2.53 bits per heavy atom. The van der Waals surface area contributed by atoms with Crippen molar-refractivity contribution in [3.05, 3.63) is 0 Å². The smallest absolute Gasteiger partial charge is 0.222 e. The average molecular weight is 267 g/mol. The number of nitrogens with two attached hydrogens (primary N) is 2. The average Bonchev–Trinajstić information content (AvgIpc) is 2.55. The van der Waals surface area contributed by atoms with Crippen molar-refractivity contribution in [3.8, 4) is 0 Å². The maximum Gasteiger partial charge on any atom is 0.222 e. The van der Waals surface area contributed by atoms with Crippen molar-refractivity contribution in [3.63, 3.8) is 0 Å². The number of carbonyl (C=O) groups is 1. The van der Waals surface area contributed by atoms with Crippen molar-refractivity contribution in [2.45, 2.75) is 52.5 Å². The molecule has 1 heterocycles. The SMILES string of the molecule is CC1(C)CC(N)CC(C)(CN2CC(CN)CC2=O)C1. The topological polar surface area (TPSA) is 72.3 Å². The van der Waals surface area contributed by atoms with E-state index in [1.807, 2.05) is 4.90 Å². The van der Waals surface area contributed by atoms with Crippen LogP contribution in [0.4, 0.5) is 0 Å². The molecule has 1 aliphatic heterocycles. The van der Waals surface area contributed by atoms with Gasteiger partial charge in [-0.05, 0) is 42.6 Å². The van der Waals surface area contributed by atoms with Crippen LogP contribution in [-0.4, -0.2) is 36.5 Å². The summed E-state index contributed by atoms with van der Waals surface area (Å²) >= 11 is 0. The summed E-state index contributed by atoms with van der Waals surface area (Å²) in [6.07, 6.45) is 3.88. The Labute approximate surface area is 116 Å². The summed E-state index contributed by atoms with van der Waals surface area (Å²) in [7, 11) is 0. The Kier molecular flexibility index (Phi) is 3.94. The molecule has 2 rings (SSSR count). The molecule has 4 nitrogen and oxygen atoms in total. The Morgan fingerprint density at radius 2 is 2.00 bits per heavy atom. The molecule has 1 amide bonds. The van der Waals surface area contributed by atoms with Crippen LogP contribution < -0.4 is 11.5 Å². The van der Waals surface area contributed by atoms with Gasteiger partial charge in [-0.2, -0.15) is 0 Å². The van der Waals surface area contributed by atoms with Gasteiger partial charge in [0.2, 0.25) is 5.91 Å². The van der Waals surface area contributed by atoms with E-state index in [-0.39, 0.29) is 22.8 Å². The van der Waals surface area contributed by atoms with E-state index in [0.29, 0.717) is 18.9 Å². The minimum absolute atomic E-state index is 0.153. The molecule has 3 unspecified atom stereocenters. The number of likely N-dealkylation sites (tertiary alicyclic amines) is 1. The molecular formula is C15H29N3O. The van der Waals surface area contributed by atoms with Crippen LogP contribution in [-0.2, 0) is 4.79 Å². The Morgan fingerprint density at radius 1 is 1.32 bits per heavy atom. The standard InChI is InChI=1S/C15H29N3O/c1-14(2)5-12(17)6-15(3,9-14)10-18-8-11(7-16)4-13(18)19/h11-12H,4-10,16-17H2,1-3H3. The lowest BCUT2D eigenvalue weighted by Crippen LogP contribution is -2.48. The Balaban J connectivity index is 2.03. The van der Waals surface area contributed by atoms with E-state index in [2.05, 4.69) is 20.8 Å². The highest BCUT2D eigenvalue weighted by Gasteiger charge is 2.42. The molecule has 4 N–H and O–H groups in total. The maximum atomic E-state index is 12.0. The van der Waals surface area contributed by atoms with Crippen LogP contribution in [0.15, 0.2) is 0 Å². The predicted octanol–water partition coefficient (Wildman–Crippen LogP) is 1.34. The predicted molar refractivity (Wildman–Crippen MR) is 77.5 cm³/mol. The molecule has 2 fully saturated rings. The molecule has 3 atom stereocenters. The lowest BCUT2D eigenvalue weighted by atomic mass is 9.62. The first kappa shape index (κ1) is 14.8. The third-order valence-electron chi connectivity index (χ3n) is 4.68. The van der Waals surface area contributed by atoms with Gasteiger partial charge < -0.3 is 16.4 Å². The van der Waals surface area contributed by atoms with E-state index < -0.39 is 0 Å². The first-order valence-electron chi connectivity index (χ1n) is 7.46. The van der Waals surface area contributed by atoms with Gasteiger partial charge in [-0.3, -0.25) is 4.79 Å². The van der Waals surface area contributed by atoms with Crippen LogP contribution in [0.2, 0.25) is 0 Å². The van der Waals surface area contributed by atoms with Crippen LogP contribution in [0.1, 0.15) is 46.5 Å². The van der Waals surface area contributed by atoms with Gasteiger partial charge >= 0.3 is 0 Å². The molecule has 4 heteroatoms. The van der Waals surface area contributed by atoms with E-state index in [0.717, 1.165) is 32.4 Å². The zero-order valence-corrected chi connectivity index (χ0v) is 12.6. The molecular weight excluding hydrogens is 238 g/mol. The molecule has 0 radical (unpaired) electrons. The van der Waals surface area contributed by atoms with Crippen LogP contribution in [0, 0.1) is 16.7 Å². The molecule has 1 saturated carbocycles. The van der Waals surface area contributed by atoms with Gasteiger partial charge in [-0.25, -0.2) is 0 Å². The molecule has 2 aliphatic rings. The van der Waals surface area contributed by atoms with Crippen molar-refractivity contribution in [2.24, 2.45) is 28.2 Å². The summed E-state index contributed by atoms with van der Waals surface area (Å²) in [4.78, 5) is 14.1. The highest BCUT2D eigenvalue weighted by Crippen LogP contribution is 2.46. The Hall–Kier alpha value is -0.610. The van der Waals surface area contributed by atoms with Gasteiger partial charge in [0.25, 0.3) is 0 Å². The van der Waals surface area contributed by atoms with Gasteiger partial charge in [0.1, 0.15) is 0 Å². The first-order valence-corrected chi connectivity index (χ1v) is 7.46. The highest BCUT2D eigenvalue weighted by molar-refractivity contribution is 5.78. The molecule has 0 aromatic rings. The fraction of sp³-hybridized carbons (Fsp3) is 0.933. The molecule has 1 saturated heterocycles. The lowest BCUT2D eigenvalue weighted by molar-refractivity contribution is -0.129. The van der Waals surface area contributed by atoms with E-state index in [9.17, 15) is 4.79 Å². The van der Waals surface area contributed by atoms with Crippen molar-refractivity contribution in [1.82, 2.24) is 4.90 Å². The summed E-state index contributed by atoms with van der Waals surface area (Å²) in [5, 5.41) is 0. The fourth-order valence-corrected chi connectivity index (χ4v) is 4.46. The van der Waals surface area contributed by atoms with E-state index in [4.69, 9.17) is 11.5 Å². The number of nitrogens with zero attached hydrogens (tertiary/aromatic N) is 1.